The number of pyridine rings is 3. The number of hydrogen-bond donors (Lipinski definition) is 9. The van der Waals surface area contributed by atoms with E-state index in [0.29, 0.717) is 108 Å². The number of para-hydroxylation sites is 1. The number of benzene rings is 10. The third-order valence-corrected chi connectivity index (χ3v) is 21.3. The molecule has 0 bridgehead atoms. The standard InChI is InChI=1S/C36H36ClN9O2.C29H31ClN8O2.C28H29ClN8O2/c1-47-27-11-9-25(10-12-27)40-35-42-34(43-36(44-35)46-20-18-45(19-21-46)26-6-4-3-5-7-26)39-17-16-38-33-29-14-8-24(37)22-32(29)41-31-15-13-28(48-2)23-30(31)33;1-38(2)29-36-27(35-28(37-29)33-19-7-9-20(39-3)10-8-19)32-15-5-14-31-26-22-12-6-18(30)16-25(22)34-24-13-11-21(40-4)17-23(24)26;1-37(2)28-35-26(34-27(36-28)32-18-6-8-19(38-3)9-7-18)31-14-13-30-25-21-11-5-17(29)15-24(21)33-23-12-10-20(39-4)16-22(23)25/h3-15,22-23H,16-21H2,1-2H3,(H,38,41)(H2,39,40,42,43,44);6-13,16-17H,5,14-15H2,1-4H3,(H,31,34)(H2,32,33,35,36,37);5-12,15-16H,13-14H2,1-4H3,(H,30,33)(H2,31,32,34,35,36). The first-order valence-corrected chi connectivity index (χ1v) is 42.1. The molecule has 16 aromatic rings. The minimum Gasteiger partial charge on any atom is -0.497 e. The molecular weight excluding hydrogens is 1670 g/mol. The van der Waals surface area contributed by atoms with Gasteiger partial charge in [-0.3, -0.25) is 0 Å². The number of nitrogens with one attached hydrogen (secondary N) is 9. The van der Waals surface area contributed by atoms with Crippen molar-refractivity contribution < 1.29 is 28.4 Å². The summed E-state index contributed by atoms with van der Waals surface area (Å²) in [6, 6.07) is 68.1. The molecule has 0 spiro atoms. The van der Waals surface area contributed by atoms with Gasteiger partial charge in [-0.25, -0.2) is 15.0 Å². The van der Waals surface area contributed by atoms with Crippen molar-refractivity contribution in [3.05, 3.63) is 227 Å². The second-order valence-corrected chi connectivity index (χ2v) is 30.8. The third-order valence-electron chi connectivity index (χ3n) is 20.6. The van der Waals surface area contributed by atoms with E-state index >= 15 is 0 Å². The summed E-state index contributed by atoms with van der Waals surface area (Å²) in [7, 11) is 17.5. The van der Waals surface area contributed by atoms with Crippen LogP contribution in [0.2, 0.25) is 15.1 Å². The molecule has 1 saturated heterocycles. The Labute approximate surface area is 749 Å². The lowest BCUT2D eigenvalue weighted by molar-refractivity contribution is 0.415. The molecule has 0 aliphatic carbocycles. The Hall–Kier alpha value is -14.7. The molecule has 1 fully saturated rings. The van der Waals surface area contributed by atoms with Gasteiger partial charge in [-0.15, -0.1) is 0 Å². The van der Waals surface area contributed by atoms with Crippen molar-refractivity contribution in [1.82, 2.24) is 59.8 Å². The molecule has 10 aromatic carbocycles. The number of anilines is 16. The fourth-order valence-electron chi connectivity index (χ4n) is 14.1. The largest absolute Gasteiger partial charge is 0.497 e. The van der Waals surface area contributed by atoms with Crippen LogP contribution in [-0.2, 0) is 0 Å². The lowest BCUT2D eigenvalue weighted by atomic mass is 10.1. The zero-order chi connectivity index (χ0) is 88.3. The van der Waals surface area contributed by atoms with Gasteiger partial charge in [0, 0.05) is 164 Å². The average Bonchev–Trinajstić information content (AvgIpc) is 0.774. The van der Waals surface area contributed by atoms with E-state index < -0.39 is 0 Å². The first kappa shape index (κ1) is 87.2. The van der Waals surface area contributed by atoms with Crippen LogP contribution >= 0.6 is 34.8 Å². The number of rotatable bonds is 32. The summed E-state index contributed by atoms with van der Waals surface area (Å²) >= 11 is 18.8. The lowest BCUT2D eigenvalue weighted by Gasteiger charge is -2.36. The maximum absolute atomic E-state index is 6.32. The summed E-state index contributed by atoms with van der Waals surface area (Å²) in [6.07, 6.45) is 0.813. The molecule has 1 aliphatic heterocycles. The summed E-state index contributed by atoms with van der Waals surface area (Å²) in [5.74, 6) is 9.13. The van der Waals surface area contributed by atoms with Crippen LogP contribution in [0, 0.1) is 0 Å². The molecule has 0 amide bonds. The van der Waals surface area contributed by atoms with Gasteiger partial charge in [0.25, 0.3) is 0 Å². The highest BCUT2D eigenvalue weighted by atomic mass is 35.5. The molecule has 0 radical (unpaired) electrons. The molecule has 9 N–H and O–H groups in total. The van der Waals surface area contributed by atoms with Crippen LogP contribution in [0.25, 0.3) is 65.4 Å². The van der Waals surface area contributed by atoms with E-state index in [1.807, 2.05) is 226 Å². The van der Waals surface area contributed by atoms with E-state index in [-0.39, 0.29) is 0 Å². The van der Waals surface area contributed by atoms with Crippen molar-refractivity contribution >= 4 is 194 Å². The normalized spacial score (nSPS) is 11.7. The predicted octanol–water partition coefficient (Wildman–Crippen LogP) is 18.4. The molecule has 34 heteroatoms. The van der Waals surface area contributed by atoms with Crippen molar-refractivity contribution in [2.75, 3.05) is 204 Å². The third kappa shape index (κ3) is 22.1. The van der Waals surface area contributed by atoms with Gasteiger partial charge in [0.2, 0.25) is 53.5 Å². The Morgan fingerprint density at radius 3 is 0.961 bits per heavy atom. The number of hydrogen-bond acceptors (Lipinski definition) is 31. The molecule has 31 nitrogen and oxygen atoms in total. The molecule has 1 aliphatic rings. The minimum absolute atomic E-state index is 0.435. The van der Waals surface area contributed by atoms with Gasteiger partial charge in [-0.05, 0) is 201 Å². The number of aromatic nitrogens is 12. The van der Waals surface area contributed by atoms with E-state index in [9.17, 15) is 0 Å². The van der Waals surface area contributed by atoms with Crippen LogP contribution in [0.1, 0.15) is 6.42 Å². The number of methoxy groups -OCH3 is 6. The summed E-state index contributed by atoms with van der Waals surface area (Å²) in [5, 5.41) is 38.5. The van der Waals surface area contributed by atoms with Crippen LogP contribution in [0.15, 0.2) is 212 Å². The van der Waals surface area contributed by atoms with Crippen LogP contribution in [0.4, 0.5) is 93.3 Å². The zero-order valence-corrected chi connectivity index (χ0v) is 74.0. The molecule has 650 valence electrons. The van der Waals surface area contributed by atoms with Gasteiger partial charge >= 0.3 is 0 Å². The predicted molar refractivity (Wildman–Crippen MR) is 516 cm³/mol. The molecule has 0 saturated carbocycles. The van der Waals surface area contributed by atoms with Crippen molar-refractivity contribution in [2.45, 2.75) is 6.42 Å². The van der Waals surface area contributed by atoms with Crippen LogP contribution in [0.5, 0.6) is 34.5 Å². The Balaban J connectivity index is 0.000000148. The van der Waals surface area contributed by atoms with E-state index in [1.165, 1.54) is 5.69 Å². The van der Waals surface area contributed by atoms with Crippen LogP contribution < -0.4 is 95.9 Å². The summed E-state index contributed by atoms with van der Waals surface area (Å²) in [4.78, 5) is 64.3. The van der Waals surface area contributed by atoms with Gasteiger partial charge in [0.05, 0.1) is 92.8 Å². The van der Waals surface area contributed by atoms with E-state index in [1.54, 1.807) is 42.7 Å². The van der Waals surface area contributed by atoms with Gasteiger partial charge in [-0.1, -0.05) is 53.0 Å². The Morgan fingerprint density at radius 2 is 0.591 bits per heavy atom. The topological polar surface area (TPSA) is 331 Å². The van der Waals surface area contributed by atoms with Gasteiger partial charge < -0.3 is 95.9 Å². The monoisotopic (exact) mass is 1760 g/mol. The smallest absolute Gasteiger partial charge is 0.233 e. The lowest BCUT2D eigenvalue weighted by Crippen LogP contribution is -2.47. The molecule has 0 unspecified atom stereocenters. The quantitative estimate of drug-likeness (QED) is 0.0140. The average molecular weight is 1770 g/mol. The van der Waals surface area contributed by atoms with E-state index in [0.717, 1.165) is 167 Å². The van der Waals surface area contributed by atoms with Crippen molar-refractivity contribution in [1.29, 1.82) is 0 Å². The fraction of sp³-hybridized carbons (Fsp3) is 0.226. The summed E-state index contributed by atoms with van der Waals surface area (Å²) < 4.78 is 32.2. The zero-order valence-electron chi connectivity index (χ0n) is 71.7. The molecule has 6 aromatic heterocycles. The molecular formula is C93H96Cl3N25O6. The SMILES string of the molecule is COc1ccc(Nc2nc(NCCCNc3c4ccc(Cl)cc4nc4ccc(OC)cc34)nc(N(C)C)n2)cc1.COc1ccc(Nc2nc(NCCNc3c4ccc(Cl)cc4nc4ccc(OC)cc34)nc(N(C)C)n2)cc1.COc1ccc(Nc2nc(NCCNc3c4ccc(Cl)cc4nc4ccc(OC)cc34)nc(N3CCN(c4ccccc4)CC3)n2)cc1. The molecule has 127 heavy (non-hydrogen) atoms. The molecule has 0 atom stereocenters. The van der Waals surface area contributed by atoms with Crippen molar-refractivity contribution in [2.24, 2.45) is 0 Å². The van der Waals surface area contributed by atoms with Gasteiger partial charge in [0.1, 0.15) is 34.5 Å². The van der Waals surface area contributed by atoms with Crippen molar-refractivity contribution in [3.8, 4) is 34.5 Å². The highest BCUT2D eigenvalue weighted by Crippen LogP contribution is 2.39. The number of piperazine rings is 1. The molecule has 7 heterocycles. The summed E-state index contributed by atoms with van der Waals surface area (Å²) in [6.45, 7) is 6.98. The van der Waals surface area contributed by atoms with E-state index in [2.05, 4.69) is 112 Å². The maximum Gasteiger partial charge on any atom is 0.233 e. The fourth-order valence-corrected chi connectivity index (χ4v) is 14.6. The van der Waals surface area contributed by atoms with Crippen LogP contribution in [-0.4, -0.2) is 196 Å². The Morgan fingerprint density at radius 1 is 0.283 bits per heavy atom. The highest BCUT2D eigenvalue weighted by Gasteiger charge is 2.23. The highest BCUT2D eigenvalue weighted by molar-refractivity contribution is 6.32. The second-order valence-electron chi connectivity index (χ2n) is 29.5. The Kier molecular flexibility index (Phi) is 28.3. The maximum atomic E-state index is 6.32. The van der Waals surface area contributed by atoms with E-state index in [4.69, 9.17) is 93.1 Å². The number of ether oxygens (including phenoxy) is 6. The Bertz CT molecular complexity index is 6490. The first-order chi connectivity index (χ1) is 61.9. The van der Waals surface area contributed by atoms with Crippen LogP contribution in [0.3, 0.4) is 0 Å². The first-order valence-electron chi connectivity index (χ1n) is 41.0. The minimum atomic E-state index is 0.435. The number of halogens is 3. The van der Waals surface area contributed by atoms with Crippen molar-refractivity contribution in [3.63, 3.8) is 0 Å². The summed E-state index contributed by atoms with van der Waals surface area (Å²) in [5.41, 5.74) is 11.7. The van der Waals surface area contributed by atoms with Gasteiger partial charge in [0.15, 0.2) is 0 Å². The second kappa shape index (κ2) is 41.2. The number of fused-ring (bicyclic) bond motifs is 6. The van der Waals surface area contributed by atoms with Gasteiger partial charge in [-0.2, -0.15) is 44.9 Å². The molecule has 17 rings (SSSR count). The number of nitrogens with zero attached hydrogens (tertiary/aromatic N) is 16.